The van der Waals surface area contributed by atoms with Crippen LogP contribution in [0.4, 0.5) is 13.2 Å². The van der Waals surface area contributed by atoms with E-state index in [1.165, 1.54) is 31.4 Å². The third-order valence-corrected chi connectivity index (χ3v) is 3.76. The van der Waals surface area contributed by atoms with Crippen LogP contribution in [0.3, 0.4) is 0 Å². The molecule has 0 aliphatic carbocycles. The van der Waals surface area contributed by atoms with Crippen molar-refractivity contribution in [3.63, 3.8) is 0 Å². The molecule has 1 unspecified atom stereocenters. The summed E-state index contributed by atoms with van der Waals surface area (Å²) in [4.78, 5) is -0.189. The lowest BCUT2D eigenvalue weighted by Crippen LogP contribution is -2.29. The van der Waals surface area contributed by atoms with E-state index in [-0.39, 0.29) is 4.90 Å². The van der Waals surface area contributed by atoms with Gasteiger partial charge in [0.15, 0.2) is 0 Å². The maximum absolute atomic E-state index is 12.3. The standard InChI is InChI=1S/C12H15F3O4S/c1-9-3-5-11(6-4-9)20(16,17)19-10(8-18-2)7-12(13,14)15/h3-6,10H,7-8H2,1-2H3. The number of rotatable bonds is 6. The van der Waals surface area contributed by atoms with E-state index in [0.29, 0.717) is 0 Å². The number of halogens is 3. The van der Waals surface area contributed by atoms with Gasteiger partial charge < -0.3 is 4.74 Å². The van der Waals surface area contributed by atoms with Crippen molar-refractivity contribution >= 4 is 10.1 Å². The second kappa shape index (κ2) is 6.55. The van der Waals surface area contributed by atoms with Crippen LogP contribution in [-0.4, -0.2) is 34.4 Å². The molecular formula is C12H15F3O4S. The summed E-state index contributed by atoms with van der Waals surface area (Å²) < 4.78 is 69.9. The van der Waals surface area contributed by atoms with E-state index < -0.39 is 35.4 Å². The molecule has 1 atom stereocenters. The lowest BCUT2D eigenvalue weighted by atomic mass is 10.2. The molecule has 1 rings (SSSR count). The molecule has 0 N–H and O–H groups in total. The van der Waals surface area contributed by atoms with Gasteiger partial charge in [-0.15, -0.1) is 0 Å². The molecule has 0 fully saturated rings. The number of ether oxygens (including phenoxy) is 1. The molecule has 4 nitrogen and oxygen atoms in total. The van der Waals surface area contributed by atoms with Crippen molar-refractivity contribution in [1.29, 1.82) is 0 Å². The molecule has 0 saturated carbocycles. The van der Waals surface area contributed by atoms with Crippen LogP contribution in [0, 0.1) is 6.92 Å². The molecule has 8 heteroatoms. The van der Waals surface area contributed by atoms with Gasteiger partial charge in [0.1, 0.15) is 6.10 Å². The van der Waals surface area contributed by atoms with Gasteiger partial charge in [-0.3, -0.25) is 4.18 Å². The van der Waals surface area contributed by atoms with E-state index >= 15 is 0 Å². The van der Waals surface area contributed by atoms with Crippen molar-refractivity contribution in [1.82, 2.24) is 0 Å². The fraction of sp³-hybridized carbons (Fsp3) is 0.500. The zero-order chi connectivity index (χ0) is 15.4. The van der Waals surface area contributed by atoms with E-state index in [1.54, 1.807) is 6.92 Å². The van der Waals surface area contributed by atoms with Crippen molar-refractivity contribution in [2.45, 2.75) is 30.5 Å². The third-order valence-electron chi connectivity index (χ3n) is 2.38. The molecule has 0 heterocycles. The van der Waals surface area contributed by atoms with E-state index in [4.69, 9.17) is 0 Å². The first-order valence-corrected chi connectivity index (χ1v) is 7.10. The summed E-state index contributed by atoms with van der Waals surface area (Å²) in [5.74, 6) is 0. The van der Waals surface area contributed by atoms with Crippen LogP contribution < -0.4 is 0 Å². The minimum Gasteiger partial charge on any atom is -0.382 e. The number of hydrogen-bond acceptors (Lipinski definition) is 4. The first kappa shape index (κ1) is 16.9. The van der Waals surface area contributed by atoms with E-state index in [2.05, 4.69) is 8.92 Å². The summed E-state index contributed by atoms with van der Waals surface area (Å²) in [6.45, 7) is 1.29. The Balaban J connectivity index is 2.88. The third kappa shape index (κ3) is 5.48. The molecule has 0 aliphatic rings. The Kier molecular flexibility index (Phi) is 5.55. The molecule has 0 aromatic heterocycles. The Morgan fingerprint density at radius 1 is 1.20 bits per heavy atom. The van der Waals surface area contributed by atoms with Crippen molar-refractivity contribution in [3.8, 4) is 0 Å². The normalized spacial score (nSPS) is 14.2. The molecule has 0 radical (unpaired) electrons. The molecule has 114 valence electrons. The first-order valence-electron chi connectivity index (χ1n) is 5.70. The van der Waals surface area contributed by atoms with Crippen LogP contribution in [0.25, 0.3) is 0 Å². The van der Waals surface area contributed by atoms with Gasteiger partial charge in [-0.2, -0.15) is 21.6 Å². The molecule has 1 aromatic carbocycles. The highest BCUT2D eigenvalue weighted by Gasteiger charge is 2.35. The molecule has 0 saturated heterocycles. The van der Waals surface area contributed by atoms with Gasteiger partial charge >= 0.3 is 6.18 Å². The van der Waals surface area contributed by atoms with Gasteiger partial charge in [0.2, 0.25) is 0 Å². The average molecular weight is 312 g/mol. The molecule has 0 bridgehead atoms. The Morgan fingerprint density at radius 2 is 1.75 bits per heavy atom. The second-order valence-corrected chi connectivity index (χ2v) is 5.83. The van der Waals surface area contributed by atoms with Crippen molar-refractivity contribution < 1.29 is 30.5 Å². The van der Waals surface area contributed by atoms with Gasteiger partial charge in [0.05, 0.1) is 17.9 Å². The summed E-state index contributed by atoms with van der Waals surface area (Å²) in [6.07, 6.45) is -7.54. The van der Waals surface area contributed by atoms with E-state index in [1.807, 2.05) is 0 Å². The fourth-order valence-electron chi connectivity index (χ4n) is 1.50. The number of benzene rings is 1. The predicted octanol–water partition coefficient (Wildman–Crippen LogP) is 2.67. The Labute approximate surface area is 115 Å². The van der Waals surface area contributed by atoms with E-state index in [9.17, 15) is 21.6 Å². The molecule has 1 aromatic rings. The highest BCUT2D eigenvalue weighted by Crippen LogP contribution is 2.25. The van der Waals surface area contributed by atoms with Crippen LogP contribution >= 0.6 is 0 Å². The van der Waals surface area contributed by atoms with Crippen LogP contribution in [-0.2, 0) is 19.0 Å². The van der Waals surface area contributed by atoms with E-state index in [0.717, 1.165) is 5.56 Å². The highest BCUT2D eigenvalue weighted by molar-refractivity contribution is 7.86. The zero-order valence-electron chi connectivity index (χ0n) is 11.0. The van der Waals surface area contributed by atoms with Crippen LogP contribution in [0.5, 0.6) is 0 Å². The van der Waals surface area contributed by atoms with Gasteiger partial charge in [-0.1, -0.05) is 17.7 Å². The summed E-state index contributed by atoms with van der Waals surface area (Å²) in [5, 5.41) is 0. The van der Waals surface area contributed by atoms with Gasteiger partial charge in [-0.05, 0) is 19.1 Å². The van der Waals surface area contributed by atoms with Crippen LogP contribution in [0.2, 0.25) is 0 Å². The minimum absolute atomic E-state index is 0.189. The Bertz CT molecular complexity index is 523. The number of methoxy groups -OCH3 is 1. The molecule has 0 spiro atoms. The Hall–Kier alpha value is -1.12. The SMILES string of the molecule is COCC(CC(F)(F)F)OS(=O)(=O)c1ccc(C)cc1. The summed E-state index contributed by atoms with van der Waals surface area (Å²) in [7, 11) is -3.08. The first-order chi connectivity index (χ1) is 9.14. The maximum atomic E-state index is 12.3. The quantitative estimate of drug-likeness (QED) is 0.758. The topological polar surface area (TPSA) is 52.6 Å². The van der Waals surface area contributed by atoms with Gasteiger partial charge in [-0.25, -0.2) is 0 Å². The summed E-state index contributed by atoms with van der Waals surface area (Å²) in [6, 6.07) is 5.63. The minimum atomic E-state index is -4.54. The largest absolute Gasteiger partial charge is 0.391 e. The number of hydrogen-bond donors (Lipinski definition) is 0. The summed E-state index contributed by atoms with van der Waals surface area (Å²) in [5.41, 5.74) is 0.827. The second-order valence-electron chi connectivity index (χ2n) is 4.26. The van der Waals surface area contributed by atoms with Crippen molar-refractivity contribution in [2.24, 2.45) is 0 Å². The molecule has 0 aliphatic heterocycles. The highest BCUT2D eigenvalue weighted by atomic mass is 32.2. The lowest BCUT2D eigenvalue weighted by molar-refractivity contribution is -0.154. The summed E-state index contributed by atoms with van der Waals surface area (Å²) >= 11 is 0. The fourth-order valence-corrected chi connectivity index (χ4v) is 2.57. The zero-order valence-corrected chi connectivity index (χ0v) is 11.8. The molecule has 0 amide bonds. The van der Waals surface area contributed by atoms with Crippen LogP contribution in [0.1, 0.15) is 12.0 Å². The van der Waals surface area contributed by atoms with Crippen molar-refractivity contribution in [3.05, 3.63) is 29.8 Å². The Morgan fingerprint density at radius 3 is 2.20 bits per heavy atom. The average Bonchev–Trinajstić information content (AvgIpc) is 2.26. The smallest absolute Gasteiger partial charge is 0.382 e. The molecule has 20 heavy (non-hydrogen) atoms. The number of alkyl halides is 3. The maximum Gasteiger partial charge on any atom is 0.391 e. The lowest BCUT2D eigenvalue weighted by Gasteiger charge is -2.18. The molecular weight excluding hydrogens is 297 g/mol. The predicted molar refractivity (Wildman–Crippen MR) is 65.8 cm³/mol. The van der Waals surface area contributed by atoms with Crippen LogP contribution in [0.15, 0.2) is 29.2 Å². The van der Waals surface area contributed by atoms with Crippen molar-refractivity contribution in [2.75, 3.05) is 13.7 Å². The van der Waals surface area contributed by atoms with Gasteiger partial charge in [0, 0.05) is 7.11 Å². The monoisotopic (exact) mass is 312 g/mol. The number of aryl methyl sites for hydroxylation is 1. The van der Waals surface area contributed by atoms with Gasteiger partial charge in [0.25, 0.3) is 10.1 Å².